The zero-order valence-corrected chi connectivity index (χ0v) is 41.3. The van der Waals surface area contributed by atoms with Crippen molar-refractivity contribution in [1.29, 1.82) is 0 Å². The summed E-state index contributed by atoms with van der Waals surface area (Å²) >= 11 is 0. The lowest BCUT2D eigenvalue weighted by molar-refractivity contribution is -0.0281. The standard InChI is InChI=1S/C64H60BO2P/c1-41-29-43(3)61(44(4)30-41)65(62-45(5)31-42(2)32-46(62)6)53-24-28-60-58(35-53)57-34-50(19-27-59(57)67-60)49-17-20-51(21-18-49)63-36-47-33-48(37-63)39-64(38-47,40-63)52-22-25-56(26-23-52)68(66,54-13-9-7-10-14-54)55-15-11-8-12-16-55/h7-32,34-35,47-48H,33,36-40H2,1-6H3. The van der Waals surface area contributed by atoms with Crippen molar-refractivity contribution >= 4 is 68.1 Å². The zero-order valence-electron chi connectivity index (χ0n) is 40.4. The Morgan fingerprint density at radius 1 is 0.471 bits per heavy atom. The van der Waals surface area contributed by atoms with Gasteiger partial charge in [0.2, 0.25) is 6.71 Å². The Morgan fingerprint density at radius 3 is 1.40 bits per heavy atom. The monoisotopic (exact) mass is 902 g/mol. The van der Waals surface area contributed by atoms with Crippen molar-refractivity contribution in [3.63, 3.8) is 0 Å². The molecule has 336 valence electrons. The van der Waals surface area contributed by atoms with Crippen LogP contribution in [0.1, 0.15) is 83.0 Å². The van der Waals surface area contributed by atoms with Gasteiger partial charge < -0.3 is 8.98 Å². The molecule has 2 unspecified atom stereocenters. The molecule has 2 nitrogen and oxygen atoms in total. The molecule has 0 spiro atoms. The minimum Gasteiger partial charge on any atom is -0.456 e. The molecule has 0 amide bonds. The molecule has 4 fully saturated rings. The molecular formula is C64H60BO2P. The van der Waals surface area contributed by atoms with E-state index < -0.39 is 7.14 Å². The molecule has 4 saturated carbocycles. The highest BCUT2D eigenvalue weighted by Crippen LogP contribution is 2.66. The van der Waals surface area contributed by atoms with Gasteiger partial charge >= 0.3 is 0 Å². The first-order valence-electron chi connectivity index (χ1n) is 24.9. The van der Waals surface area contributed by atoms with Crippen LogP contribution in [0.25, 0.3) is 33.1 Å². The van der Waals surface area contributed by atoms with Crippen LogP contribution in [0, 0.1) is 53.4 Å². The minimum atomic E-state index is -3.03. The van der Waals surface area contributed by atoms with Gasteiger partial charge in [0.25, 0.3) is 0 Å². The lowest BCUT2D eigenvalue weighted by Gasteiger charge is -2.63. The van der Waals surface area contributed by atoms with Gasteiger partial charge in [-0.15, -0.1) is 0 Å². The molecule has 4 aliphatic carbocycles. The fourth-order valence-corrected chi connectivity index (χ4v) is 17.3. The van der Waals surface area contributed by atoms with E-state index in [9.17, 15) is 0 Å². The summed E-state index contributed by atoms with van der Waals surface area (Å²) in [7, 11) is -3.03. The number of rotatable bonds is 9. The molecule has 0 radical (unpaired) electrons. The largest absolute Gasteiger partial charge is 0.456 e. The van der Waals surface area contributed by atoms with Gasteiger partial charge in [0.15, 0.2) is 7.14 Å². The summed E-state index contributed by atoms with van der Waals surface area (Å²) in [5.74, 6) is 1.46. The van der Waals surface area contributed by atoms with Gasteiger partial charge in [-0.3, -0.25) is 0 Å². The highest BCUT2D eigenvalue weighted by Gasteiger charge is 2.58. The third-order valence-corrected chi connectivity index (χ3v) is 19.9. The molecule has 68 heavy (non-hydrogen) atoms. The van der Waals surface area contributed by atoms with Crippen molar-refractivity contribution in [3.8, 4) is 11.1 Å². The van der Waals surface area contributed by atoms with E-state index in [1.807, 2.05) is 60.7 Å². The van der Waals surface area contributed by atoms with Gasteiger partial charge in [-0.25, -0.2) is 0 Å². The summed E-state index contributed by atoms with van der Waals surface area (Å²) in [5.41, 5.74) is 19.6. The van der Waals surface area contributed by atoms with Crippen LogP contribution in [0.15, 0.2) is 174 Å². The lowest BCUT2D eigenvalue weighted by atomic mass is 9.34. The first-order valence-corrected chi connectivity index (χ1v) is 26.7. The fourth-order valence-electron chi connectivity index (χ4n) is 14.6. The Bertz CT molecular complexity index is 3300. The predicted molar refractivity (Wildman–Crippen MR) is 289 cm³/mol. The summed E-state index contributed by atoms with van der Waals surface area (Å²) < 4.78 is 21.8. The summed E-state index contributed by atoms with van der Waals surface area (Å²) in [6.07, 6.45) is 7.60. The second kappa shape index (κ2) is 16.2. The van der Waals surface area contributed by atoms with Gasteiger partial charge in [0, 0.05) is 26.7 Å². The topological polar surface area (TPSA) is 30.2 Å². The van der Waals surface area contributed by atoms with Gasteiger partial charge in [0.05, 0.1) is 0 Å². The maximum absolute atomic E-state index is 15.2. The zero-order chi connectivity index (χ0) is 46.5. The number of benzene rings is 8. The fraction of sp³-hybridized carbons (Fsp3) is 0.250. The molecular weight excluding hydrogens is 842 g/mol. The van der Waals surface area contributed by atoms with E-state index >= 15 is 4.57 Å². The quantitative estimate of drug-likeness (QED) is 0.107. The minimum absolute atomic E-state index is 0.0993. The average Bonchev–Trinajstić information content (AvgIpc) is 3.70. The Hall–Kier alpha value is -6.15. The molecule has 13 rings (SSSR count). The summed E-state index contributed by atoms with van der Waals surface area (Å²) in [5, 5.41) is 5.02. The Labute approximate surface area is 403 Å². The highest BCUT2D eigenvalue weighted by atomic mass is 31.2. The maximum atomic E-state index is 15.2. The van der Waals surface area contributed by atoms with E-state index in [0.717, 1.165) is 44.3 Å². The molecule has 4 heteroatoms. The van der Waals surface area contributed by atoms with E-state index in [0.29, 0.717) is 0 Å². The van der Waals surface area contributed by atoms with Crippen LogP contribution in [0.4, 0.5) is 0 Å². The highest BCUT2D eigenvalue weighted by molar-refractivity contribution is 7.85. The van der Waals surface area contributed by atoms with E-state index in [1.165, 1.54) is 116 Å². The molecule has 8 aromatic carbocycles. The predicted octanol–water partition coefficient (Wildman–Crippen LogP) is 13.0. The van der Waals surface area contributed by atoms with Crippen molar-refractivity contribution < 1.29 is 8.98 Å². The van der Waals surface area contributed by atoms with E-state index in [-0.39, 0.29) is 17.5 Å². The lowest BCUT2D eigenvalue weighted by Crippen LogP contribution is -2.55. The Morgan fingerprint density at radius 2 is 0.897 bits per heavy atom. The second-order valence-corrected chi connectivity index (χ2v) is 24.3. The summed E-state index contributed by atoms with van der Waals surface area (Å²) in [6.45, 7) is 13.6. The molecule has 0 saturated heterocycles. The maximum Gasteiger partial charge on any atom is 0.242 e. The van der Waals surface area contributed by atoms with Gasteiger partial charge in [-0.2, -0.15) is 0 Å². The van der Waals surface area contributed by atoms with Crippen molar-refractivity contribution in [2.45, 2.75) is 90.9 Å². The number of furan rings is 1. The van der Waals surface area contributed by atoms with Gasteiger partial charge in [-0.1, -0.05) is 201 Å². The van der Waals surface area contributed by atoms with Crippen molar-refractivity contribution in [2.24, 2.45) is 11.8 Å². The summed E-state index contributed by atoms with van der Waals surface area (Å²) in [4.78, 5) is 0. The number of aryl methyl sites for hydroxylation is 6. The van der Waals surface area contributed by atoms with E-state index in [1.54, 1.807) is 0 Å². The molecule has 0 N–H and O–H groups in total. The summed E-state index contributed by atoms with van der Waals surface area (Å²) in [6, 6.07) is 62.0. The first kappa shape index (κ1) is 43.2. The number of fused-ring (bicyclic) bond motifs is 3. The number of hydrogen-bond acceptors (Lipinski definition) is 2. The molecule has 1 aromatic heterocycles. The van der Waals surface area contributed by atoms with Gasteiger partial charge in [-0.05, 0) is 143 Å². The third kappa shape index (κ3) is 7.02. The Kier molecular flexibility index (Phi) is 10.3. The van der Waals surface area contributed by atoms with Crippen molar-refractivity contribution in [2.75, 3.05) is 0 Å². The van der Waals surface area contributed by atoms with Crippen LogP contribution >= 0.6 is 7.14 Å². The smallest absolute Gasteiger partial charge is 0.242 e. The molecule has 0 aliphatic heterocycles. The number of hydrogen-bond donors (Lipinski definition) is 0. The van der Waals surface area contributed by atoms with Crippen LogP contribution in [-0.4, -0.2) is 6.71 Å². The van der Waals surface area contributed by atoms with E-state index in [2.05, 4.69) is 151 Å². The van der Waals surface area contributed by atoms with E-state index in [4.69, 9.17) is 4.42 Å². The molecule has 9 aromatic rings. The normalized spacial score (nSPS) is 20.9. The van der Waals surface area contributed by atoms with Crippen LogP contribution in [0.5, 0.6) is 0 Å². The Balaban J connectivity index is 0.872. The SMILES string of the molecule is Cc1cc(C)c(B(c2ccc3oc4ccc(-c5ccc(C67CC8CC(C6)CC(c6ccc(P(=O)(c9ccccc9)c9ccccc9)cc6)(C8)C7)cc5)cc4c3c2)c2c(C)cc(C)cc2C)c(C)c1. The molecule has 2 atom stereocenters. The van der Waals surface area contributed by atoms with Crippen LogP contribution < -0.4 is 32.3 Å². The van der Waals surface area contributed by atoms with Gasteiger partial charge in [0.1, 0.15) is 11.2 Å². The molecule has 1 heterocycles. The third-order valence-electron chi connectivity index (χ3n) is 16.9. The van der Waals surface area contributed by atoms with Crippen molar-refractivity contribution in [3.05, 3.63) is 214 Å². The molecule has 4 bridgehead atoms. The second-order valence-electron chi connectivity index (χ2n) is 21.6. The van der Waals surface area contributed by atoms with Crippen LogP contribution in [0.2, 0.25) is 0 Å². The van der Waals surface area contributed by atoms with Crippen LogP contribution in [0.3, 0.4) is 0 Å². The van der Waals surface area contributed by atoms with Crippen molar-refractivity contribution in [1.82, 2.24) is 0 Å². The average molecular weight is 903 g/mol. The first-order chi connectivity index (χ1) is 32.9. The molecule has 4 aliphatic rings. The van der Waals surface area contributed by atoms with Crippen LogP contribution in [-0.2, 0) is 15.4 Å².